The van der Waals surface area contributed by atoms with E-state index < -0.39 is 0 Å². The molecule has 1 nitrogen and oxygen atoms in total. The third kappa shape index (κ3) is 4.86. The van der Waals surface area contributed by atoms with Gasteiger partial charge in [0.15, 0.2) is 0 Å². The number of hydrogen-bond donors (Lipinski definition) is 1. The van der Waals surface area contributed by atoms with Crippen molar-refractivity contribution in [2.75, 3.05) is 0 Å². The number of fused-ring (bicyclic) bond motifs is 1. The summed E-state index contributed by atoms with van der Waals surface area (Å²) in [7, 11) is 0. The highest BCUT2D eigenvalue weighted by Crippen LogP contribution is 2.27. The lowest BCUT2D eigenvalue weighted by molar-refractivity contribution is 0.165. The molecule has 2 rings (SSSR count). The Hall–Kier alpha value is -1.34. The van der Waals surface area contributed by atoms with Gasteiger partial charge in [0.05, 0.1) is 6.10 Å². The summed E-state index contributed by atoms with van der Waals surface area (Å²) < 4.78 is 0. The zero-order valence-electron chi connectivity index (χ0n) is 13.2. The number of rotatable bonds is 9. The van der Waals surface area contributed by atoms with Crippen LogP contribution in [0.2, 0.25) is 0 Å². The van der Waals surface area contributed by atoms with Gasteiger partial charge >= 0.3 is 0 Å². The minimum Gasteiger partial charge on any atom is -0.388 e. The molecule has 0 saturated heterocycles. The lowest BCUT2D eigenvalue weighted by atomic mass is 9.97. The molecular weight excluding hydrogens is 256 g/mol. The molecular formula is C20H28O. The van der Waals surface area contributed by atoms with Crippen LogP contribution in [-0.2, 0) is 0 Å². The maximum atomic E-state index is 10.5. The number of benzene rings is 2. The highest BCUT2D eigenvalue weighted by molar-refractivity contribution is 5.85. The highest BCUT2D eigenvalue weighted by atomic mass is 16.3. The molecule has 0 amide bonds. The van der Waals surface area contributed by atoms with E-state index in [0.29, 0.717) is 0 Å². The molecule has 114 valence electrons. The quantitative estimate of drug-likeness (QED) is 0.559. The lowest BCUT2D eigenvalue weighted by Crippen LogP contribution is -1.98. The van der Waals surface area contributed by atoms with Gasteiger partial charge in [-0.25, -0.2) is 0 Å². The van der Waals surface area contributed by atoms with Gasteiger partial charge in [0.25, 0.3) is 0 Å². The normalized spacial score (nSPS) is 12.7. The van der Waals surface area contributed by atoms with Gasteiger partial charge in [0.2, 0.25) is 0 Å². The Morgan fingerprint density at radius 3 is 2.29 bits per heavy atom. The van der Waals surface area contributed by atoms with E-state index in [1.54, 1.807) is 0 Å². The van der Waals surface area contributed by atoms with Crippen molar-refractivity contribution >= 4 is 10.8 Å². The molecule has 0 aromatic heterocycles. The Kier molecular flexibility index (Phi) is 6.75. The molecule has 0 aliphatic rings. The highest BCUT2D eigenvalue weighted by Gasteiger charge is 2.10. The zero-order chi connectivity index (χ0) is 14.9. The van der Waals surface area contributed by atoms with E-state index in [9.17, 15) is 5.11 Å². The summed E-state index contributed by atoms with van der Waals surface area (Å²) in [5.41, 5.74) is 1.08. The van der Waals surface area contributed by atoms with Gasteiger partial charge < -0.3 is 5.11 Å². The van der Waals surface area contributed by atoms with Gasteiger partial charge in [0.1, 0.15) is 0 Å². The minimum absolute atomic E-state index is 0.327. The van der Waals surface area contributed by atoms with E-state index >= 15 is 0 Å². The Balaban J connectivity index is 1.81. The van der Waals surface area contributed by atoms with Crippen LogP contribution in [0.25, 0.3) is 10.8 Å². The van der Waals surface area contributed by atoms with Gasteiger partial charge in [-0.2, -0.15) is 0 Å². The Bertz CT molecular complexity index is 527. The van der Waals surface area contributed by atoms with Gasteiger partial charge in [-0.1, -0.05) is 94.3 Å². The molecule has 0 aliphatic carbocycles. The van der Waals surface area contributed by atoms with E-state index in [1.165, 1.54) is 49.3 Å². The average molecular weight is 284 g/mol. The molecule has 2 aromatic rings. The van der Waals surface area contributed by atoms with E-state index in [-0.39, 0.29) is 6.10 Å². The third-order valence-corrected chi connectivity index (χ3v) is 4.26. The smallest absolute Gasteiger partial charge is 0.0796 e. The second-order valence-corrected chi connectivity index (χ2v) is 5.99. The van der Waals surface area contributed by atoms with E-state index in [2.05, 4.69) is 37.3 Å². The van der Waals surface area contributed by atoms with Crippen molar-refractivity contribution in [1.82, 2.24) is 0 Å². The van der Waals surface area contributed by atoms with Crippen molar-refractivity contribution in [3.63, 3.8) is 0 Å². The van der Waals surface area contributed by atoms with Crippen molar-refractivity contribution in [2.45, 2.75) is 64.4 Å². The summed E-state index contributed by atoms with van der Waals surface area (Å²) >= 11 is 0. The van der Waals surface area contributed by atoms with E-state index in [0.717, 1.165) is 18.4 Å². The predicted molar refractivity (Wildman–Crippen MR) is 91.5 cm³/mol. The molecule has 0 aliphatic heterocycles. The number of hydrogen-bond acceptors (Lipinski definition) is 1. The lowest BCUT2D eigenvalue weighted by Gasteiger charge is -2.13. The van der Waals surface area contributed by atoms with E-state index in [1.807, 2.05) is 12.1 Å². The predicted octanol–water partition coefficient (Wildman–Crippen LogP) is 6.01. The Morgan fingerprint density at radius 2 is 1.48 bits per heavy atom. The SMILES string of the molecule is CCCCCCCCCC(O)c1cccc2ccccc12. The monoisotopic (exact) mass is 284 g/mol. The minimum atomic E-state index is -0.327. The number of aliphatic hydroxyl groups excluding tert-OH is 1. The number of unbranched alkanes of at least 4 members (excludes halogenated alkanes) is 6. The van der Waals surface area contributed by atoms with Crippen LogP contribution in [0.15, 0.2) is 42.5 Å². The molecule has 21 heavy (non-hydrogen) atoms. The maximum Gasteiger partial charge on any atom is 0.0796 e. The van der Waals surface area contributed by atoms with Crippen molar-refractivity contribution in [2.24, 2.45) is 0 Å². The first-order valence-corrected chi connectivity index (χ1v) is 8.48. The van der Waals surface area contributed by atoms with Crippen LogP contribution in [0.4, 0.5) is 0 Å². The molecule has 0 radical (unpaired) electrons. The van der Waals surface area contributed by atoms with Crippen LogP contribution in [0.1, 0.15) is 70.0 Å². The Labute approximate surface area is 129 Å². The second-order valence-electron chi connectivity index (χ2n) is 5.99. The first-order chi connectivity index (χ1) is 10.3. The van der Waals surface area contributed by atoms with Crippen LogP contribution in [0.3, 0.4) is 0 Å². The van der Waals surface area contributed by atoms with Crippen molar-refractivity contribution < 1.29 is 5.11 Å². The van der Waals surface area contributed by atoms with Crippen molar-refractivity contribution in [3.8, 4) is 0 Å². The molecule has 0 saturated carbocycles. The van der Waals surface area contributed by atoms with Crippen LogP contribution in [0, 0.1) is 0 Å². The summed E-state index contributed by atoms with van der Waals surface area (Å²) in [5.74, 6) is 0. The topological polar surface area (TPSA) is 20.2 Å². The molecule has 1 unspecified atom stereocenters. The first-order valence-electron chi connectivity index (χ1n) is 8.48. The van der Waals surface area contributed by atoms with Gasteiger partial charge in [-0.3, -0.25) is 0 Å². The average Bonchev–Trinajstić information content (AvgIpc) is 2.53. The van der Waals surface area contributed by atoms with Crippen LogP contribution >= 0.6 is 0 Å². The van der Waals surface area contributed by atoms with Crippen LogP contribution in [-0.4, -0.2) is 5.11 Å². The fourth-order valence-electron chi connectivity index (χ4n) is 2.99. The van der Waals surface area contributed by atoms with Crippen molar-refractivity contribution in [3.05, 3.63) is 48.0 Å². The number of aliphatic hydroxyl groups is 1. The molecule has 1 heteroatoms. The van der Waals surface area contributed by atoms with Gasteiger partial charge in [-0.05, 0) is 22.8 Å². The summed E-state index contributed by atoms with van der Waals surface area (Å²) in [4.78, 5) is 0. The zero-order valence-corrected chi connectivity index (χ0v) is 13.2. The standard InChI is InChI=1S/C20H28O/c1-2-3-4-5-6-7-8-16-20(21)19-15-11-13-17-12-9-10-14-18(17)19/h9-15,20-21H,2-8,16H2,1H3. The Morgan fingerprint density at radius 1 is 0.810 bits per heavy atom. The molecule has 0 fully saturated rings. The second kappa shape index (κ2) is 8.84. The van der Waals surface area contributed by atoms with Crippen LogP contribution < -0.4 is 0 Å². The van der Waals surface area contributed by atoms with Crippen molar-refractivity contribution in [1.29, 1.82) is 0 Å². The summed E-state index contributed by atoms with van der Waals surface area (Å²) in [6, 6.07) is 14.5. The molecule has 1 atom stereocenters. The van der Waals surface area contributed by atoms with E-state index in [4.69, 9.17) is 0 Å². The molecule has 1 N–H and O–H groups in total. The molecule has 2 aromatic carbocycles. The first kappa shape index (κ1) is 16.0. The van der Waals surface area contributed by atoms with Crippen LogP contribution in [0.5, 0.6) is 0 Å². The molecule has 0 spiro atoms. The largest absolute Gasteiger partial charge is 0.388 e. The third-order valence-electron chi connectivity index (χ3n) is 4.26. The fourth-order valence-corrected chi connectivity index (χ4v) is 2.99. The maximum absolute atomic E-state index is 10.5. The molecule has 0 bridgehead atoms. The van der Waals surface area contributed by atoms with Gasteiger partial charge in [0, 0.05) is 0 Å². The van der Waals surface area contributed by atoms with Gasteiger partial charge in [-0.15, -0.1) is 0 Å². The summed E-state index contributed by atoms with van der Waals surface area (Å²) in [5, 5.41) is 12.9. The fraction of sp³-hybridized carbons (Fsp3) is 0.500. The summed E-state index contributed by atoms with van der Waals surface area (Å²) in [6.45, 7) is 2.25. The summed E-state index contributed by atoms with van der Waals surface area (Å²) in [6.07, 6.45) is 9.59. The molecule has 0 heterocycles.